The number of para-hydroxylation sites is 1. The van der Waals surface area contributed by atoms with E-state index in [9.17, 15) is 4.79 Å². The molecule has 4 rings (SSSR count). The van der Waals surface area contributed by atoms with Gasteiger partial charge in [-0.25, -0.2) is 14.8 Å². The van der Waals surface area contributed by atoms with Gasteiger partial charge in [-0.05, 0) is 51.2 Å². The number of hydrogen-bond donors (Lipinski definition) is 1. The highest BCUT2D eigenvalue weighted by atomic mass is 16.2. The van der Waals surface area contributed by atoms with E-state index in [0.717, 1.165) is 59.2 Å². The number of rotatable bonds is 2. The number of benzene rings is 1. The van der Waals surface area contributed by atoms with Gasteiger partial charge < -0.3 is 15.1 Å². The first-order valence-electron chi connectivity index (χ1n) is 10.3. The molecular formula is C22H29N5O. The third-order valence-corrected chi connectivity index (χ3v) is 5.81. The van der Waals surface area contributed by atoms with E-state index in [-0.39, 0.29) is 6.03 Å². The first-order valence-corrected chi connectivity index (χ1v) is 10.3. The number of aromatic nitrogens is 2. The molecule has 1 N–H and O–H groups in total. The van der Waals surface area contributed by atoms with Crippen molar-refractivity contribution in [2.75, 3.05) is 29.9 Å². The molecule has 1 saturated heterocycles. The molecule has 3 heterocycles. The van der Waals surface area contributed by atoms with Crippen LogP contribution in [0.25, 0.3) is 0 Å². The van der Waals surface area contributed by atoms with Crippen molar-refractivity contribution in [3.8, 4) is 0 Å². The van der Waals surface area contributed by atoms with Crippen LogP contribution in [0.5, 0.6) is 0 Å². The largest absolute Gasteiger partial charge is 0.356 e. The Hall–Kier alpha value is -2.63. The molecule has 0 saturated carbocycles. The minimum absolute atomic E-state index is 0.0479. The maximum Gasteiger partial charge on any atom is 0.322 e. The normalized spacial score (nSPS) is 16.7. The van der Waals surface area contributed by atoms with Crippen molar-refractivity contribution >= 4 is 17.5 Å². The molecule has 1 aromatic carbocycles. The standard InChI is InChI=1S/C22H29N5O/c1-15-8-7-9-16(2)20(15)25-22(28)27-13-10-19-18(14-27)21(24-17(3)23-19)26-11-5-4-6-12-26/h7-9H,4-6,10-14H2,1-3H3,(H,25,28). The topological polar surface area (TPSA) is 61.4 Å². The van der Waals surface area contributed by atoms with E-state index in [1.807, 2.05) is 43.9 Å². The fraction of sp³-hybridized carbons (Fsp3) is 0.500. The molecule has 0 bridgehead atoms. The Labute approximate surface area is 167 Å². The van der Waals surface area contributed by atoms with Crippen LogP contribution in [-0.4, -0.2) is 40.5 Å². The number of hydrogen-bond acceptors (Lipinski definition) is 4. The fourth-order valence-electron chi connectivity index (χ4n) is 4.26. The van der Waals surface area contributed by atoms with Gasteiger partial charge >= 0.3 is 6.03 Å². The van der Waals surface area contributed by atoms with E-state index in [0.29, 0.717) is 13.1 Å². The summed E-state index contributed by atoms with van der Waals surface area (Å²) in [6.07, 6.45) is 4.47. The highest BCUT2D eigenvalue weighted by molar-refractivity contribution is 5.91. The average molecular weight is 380 g/mol. The molecule has 0 spiro atoms. The lowest BCUT2D eigenvalue weighted by Crippen LogP contribution is -2.41. The van der Waals surface area contributed by atoms with E-state index >= 15 is 0 Å². The first kappa shape index (κ1) is 18.7. The van der Waals surface area contributed by atoms with Crippen LogP contribution in [-0.2, 0) is 13.0 Å². The molecule has 2 aromatic rings. The zero-order chi connectivity index (χ0) is 19.7. The number of urea groups is 1. The highest BCUT2D eigenvalue weighted by Crippen LogP contribution is 2.29. The number of nitrogens with zero attached hydrogens (tertiary/aromatic N) is 4. The van der Waals surface area contributed by atoms with Crippen LogP contribution < -0.4 is 10.2 Å². The number of carbonyl (C=O) groups is 1. The lowest BCUT2D eigenvalue weighted by atomic mass is 10.0. The maximum absolute atomic E-state index is 13.0. The number of amides is 2. The summed E-state index contributed by atoms with van der Waals surface area (Å²) in [4.78, 5) is 26.7. The number of carbonyl (C=O) groups excluding carboxylic acids is 1. The molecular weight excluding hydrogens is 350 g/mol. The Kier molecular flexibility index (Phi) is 5.20. The zero-order valence-electron chi connectivity index (χ0n) is 17.1. The van der Waals surface area contributed by atoms with Gasteiger partial charge in [0.05, 0.1) is 12.2 Å². The van der Waals surface area contributed by atoms with Gasteiger partial charge in [-0.2, -0.15) is 0 Å². The summed E-state index contributed by atoms with van der Waals surface area (Å²) in [5, 5.41) is 3.12. The minimum Gasteiger partial charge on any atom is -0.356 e. The van der Waals surface area contributed by atoms with Crippen LogP contribution in [0.2, 0.25) is 0 Å². The lowest BCUT2D eigenvalue weighted by molar-refractivity contribution is 0.205. The summed E-state index contributed by atoms with van der Waals surface area (Å²) in [6.45, 7) is 9.35. The summed E-state index contributed by atoms with van der Waals surface area (Å²) in [7, 11) is 0. The minimum atomic E-state index is -0.0479. The second kappa shape index (κ2) is 7.78. The first-order chi connectivity index (χ1) is 13.5. The van der Waals surface area contributed by atoms with Crippen molar-refractivity contribution in [3.05, 3.63) is 46.4 Å². The Bertz CT molecular complexity index is 868. The Morgan fingerprint density at radius 3 is 2.43 bits per heavy atom. The van der Waals surface area contributed by atoms with Crippen LogP contribution in [0.3, 0.4) is 0 Å². The molecule has 0 aliphatic carbocycles. The predicted molar refractivity (Wildman–Crippen MR) is 112 cm³/mol. The van der Waals surface area contributed by atoms with Gasteiger partial charge in [0.15, 0.2) is 0 Å². The van der Waals surface area contributed by atoms with Crippen molar-refractivity contribution in [3.63, 3.8) is 0 Å². The zero-order valence-corrected chi connectivity index (χ0v) is 17.1. The molecule has 0 atom stereocenters. The average Bonchev–Trinajstić information content (AvgIpc) is 2.70. The Morgan fingerprint density at radius 1 is 1.00 bits per heavy atom. The number of piperidine rings is 1. The molecule has 6 nitrogen and oxygen atoms in total. The molecule has 2 aliphatic rings. The third-order valence-electron chi connectivity index (χ3n) is 5.81. The van der Waals surface area contributed by atoms with Crippen LogP contribution in [0.15, 0.2) is 18.2 Å². The second-order valence-electron chi connectivity index (χ2n) is 7.94. The van der Waals surface area contributed by atoms with Gasteiger partial charge in [0.2, 0.25) is 0 Å². The Balaban J connectivity index is 1.57. The molecule has 0 unspecified atom stereocenters. The van der Waals surface area contributed by atoms with Crippen LogP contribution in [0.4, 0.5) is 16.3 Å². The van der Waals surface area contributed by atoms with E-state index < -0.39 is 0 Å². The van der Waals surface area contributed by atoms with Gasteiger partial charge in [0.1, 0.15) is 11.6 Å². The smallest absolute Gasteiger partial charge is 0.322 e. The van der Waals surface area contributed by atoms with Crippen molar-refractivity contribution in [2.45, 2.75) is 53.0 Å². The van der Waals surface area contributed by atoms with Gasteiger partial charge in [-0.1, -0.05) is 18.2 Å². The third kappa shape index (κ3) is 3.68. The second-order valence-corrected chi connectivity index (χ2v) is 7.94. The number of aryl methyl sites for hydroxylation is 3. The fourth-order valence-corrected chi connectivity index (χ4v) is 4.26. The van der Waals surface area contributed by atoms with Crippen molar-refractivity contribution in [2.24, 2.45) is 0 Å². The van der Waals surface area contributed by atoms with Gasteiger partial charge in [-0.15, -0.1) is 0 Å². The summed E-state index contributed by atoms with van der Waals surface area (Å²) >= 11 is 0. The summed E-state index contributed by atoms with van der Waals surface area (Å²) in [5.41, 5.74) is 5.30. The number of nitrogens with one attached hydrogen (secondary N) is 1. The van der Waals surface area contributed by atoms with Gasteiger partial charge in [0, 0.05) is 37.3 Å². The number of fused-ring (bicyclic) bond motifs is 1. The van der Waals surface area contributed by atoms with E-state index in [1.54, 1.807) is 0 Å². The van der Waals surface area contributed by atoms with E-state index in [2.05, 4.69) is 15.2 Å². The van der Waals surface area contributed by atoms with Gasteiger partial charge in [0.25, 0.3) is 0 Å². The van der Waals surface area contributed by atoms with Crippen molar-refractivity contribution in [1.29, 1.82) is 0 Å². The lowest BCUT2D eigenvalue weighted by Gasteiger charge is -2.34. The monoisotopic (exact) mass is 379 g/mol. The maximum atomic E-state index is 13.0. The van der Waals surface area contributed by atoms with Crippen LogP contribution in [0.1, 0.15) is 47.5 Å². The molecule has 1 aromatic heterocycles. The highest BCUT2D eigenvalue weighted by Gasteiger charge is 2.28. The quantitative estimate of drug-likeness (QED) is 0.857. The molecule has 2 amide bonds. The molecule has 28 heavy (non-hydrogen) atoms. The van der Waals surface area contributed by atoms with Crippen molar-refractivity contribution in [1.82, 2.24) is 14.9 Å². The molecule has 6 heteroatoms. The molecule has 148 valence electrons. The summed E-state index contributed by atoms with van der Waals surface area (Å²) < 4.78 is 0. The summed E-state index contributed by atoms with van der Waals surface area (Å²) in [6, 6.07) is 6.02. The predicted octanol–water partition coefficient (Wildman–Crippen LogP) is 3.98. The van der Waals surface area contributed by atoms with Gasteiger partial charge in [-0.3, -0.25) is 0 Å². The molecule has 1 fully saturated rings. The number of anilines is 2. The van der Waals surface area contributed by atoms with Crippen LogP contribution in [0, 0.1) is 20.8 Å². The SMILES string of the molecule is Cc1nc2c(c(N3CCCCC3)n1)CN(C(=O)Nc1c(C)cccc1C)CC2. The van der Waals surface area contributed by atoms with E-state index in [1.165, 1.54) is 19.3 Å². The summed E-state index contributed by atoms with van der Waals surface area (Å²) in [5.74, 6) is 1.86. The van der Waals surface area contributed by atoms with E-state index in [4.69, 9.17) is 4.98 Å². The molecule has 2 aliphatic heterocycles. The van der Waals surface area contributed by atoms with Crippen molar-refractivity contribution < 1.29 is 4.79 Å². The van der Waals surface area contributed by atoms with Crippen LogP contribution >= 0.6 is 0 Å². The molecule has 0 radical (unpaired) electrons. The Morgan fingerprint density at radius 2 is 1.71 bits per heavy atom.